The van der Waals surface area contributed by atoms with Crippen molar-refractivity contribution in [2.24, 2.45) is 0 Å². The number of ether oxygens (including phenoxy) is 1. The molecular weight excluding hydrogens is 516 g/mol. The summed E-state index contributed by atoms with van der Waals surface area (Å²) in [6, 6.07) is 12.5. The summed E-state index contributed by atoms with van der Waals surface area (Å²) in [4.78, 5) is 34.3. The molecule has 1 N–H and O–H groups in total. The number of nitrogens with zero attached hydrogens (tertiary/aromatic N) is 7. The highest BCUT2D eigenvalue weighted by Crippen LogP contribution is 2.18. The van der Waals surface area contributed by atoms with Gasteiger partial charge in [0.2, 0.25) is 5.95 Å². The Hall–Kier alpha value is -4.88. The summed E-state index contributed by atoms with van der Waals surface area (Å²) in [5.74, 6) is 7.01. The molecule has 0 aliphatic carbocycles. The second-order valence-corrected chi connectivity index (χ2v) is 9.85. The van der Waals surface area contributed by atoms with Gasteiger partial charge in [-0.2, -0.15) is 9.78 Å². The minimum Gasteiger partial charge on any atom is -0.442 e. The van der Waals surface area contributed by atoms with Crippen molar-refractivity contribution >= 4 is 34.5 Å². The van der Waals surface area contributed by atoms with Crippen LogP contribution in [0.25, 0.3) is 22.4 Å². The normalized spacial score (nSPS) is 11.1. The molecule has 0 atom stereocenters. The average Bonchev–Trinajstić information content (AvgIpc) is 3.35. The number of hydrogen-bond acceptors (Lipinski definition) is 9. The maximum Gasteiger partial charge on any atom is 0.435 e. The van der Waals surface area contributed by atoms with E-state index in [0.717, 1.165) is 16.6 Å². The van der Waals surface area contributed by atoms with Crippen LogP contribution < -0.4 is 5.32 Å². The number of aromatic nitrogens is 7. The van der Waals surface area contributed by atoms with Gasteiger partial charge >= 0.3 is 6.09 Å². The SMILES string of the molecule is CC(C)(C)OC(=O)n1ncc2cc(C#Cc3ccnc(-c4ccnc(NCc5ccc(Cl)cn5)n4)n3)ccc21. The van der Waals surface area contributed by atoms with Crippen LogP contribution in [0.1, 0.15) is 37.7 Å². The van der Waals surface area contributed by atoms with Gasteiger partial charge in [0.25, 0.3) is 0 Å². The number of nitrogens with one attached hydrogen (secondary N) is 1. The van der Waals surface area contributed by atoms with Crippen LogP contribution in [0.2, 0.25) is 5.02 Å². The summed E-state index contributed by atoms with van der Waals surface area (Å²) in [5.41, 5.74) is 2.65. The fraction of sp³-hybridized carbons (Fsp3) is 0.179. The summed E-state index contributed by atoms with van der Waals surface area (Å²) in [5, 5.41) is 8.66. The zero-order chi connectivity index (χ0) is 27.4. The van der Waals surface area contributed by atoms with E-state index in [9.17, 15) is 4.79 Å². The van der Waals surface area contributed by atoms with E-state index >= 15 is 0 Å². The number of hydrogen-bond donors (Lipinski definition) is 1. The van der Waals surface area contributed by atoms with Gasteiger partial charge in [-0.15, -0.1) is 0 Å². The highest BCUT2D eigenvalue weighted by Gasteiger charge is 2.20. The molecule has 0 unspecified atom stereocenters. The number of carbonyl (C=O) groups excluding carboxylic acids is 1. The van der Waals surface area contributed by atoms with Crippen molar-refractivity contribution in [3.05, 3.63) is 89.2 Å². The Morgan fingerprint density at radius 1 is 1.00 bits per heavy atom. The number of fused-ring (bicyclic) bond motifs is 1. The van der Waals surface area contributed by atoms with Crippen molar-refractivity contribution in [2.45, 2.75) is 32.9 Å². The van der Waals surface area contributed by atoms with Gasteiger partial charge < -0.3 is 10.1 Å². The fourth-order valence-corrected chi connectivity index (χ4v) is 3.61. The summed E-state index contributed by atoms with van der Waals surface area (Å²) < 4.78 is 6.66. The number of pyridine rings is 1. The summed E-state index contributed by atoms with van der Waals surface area (Å²) in [6.07, 6.45) is 5.93. The first-order valence-electron chi connectivity index (χ1n) is 12.0. The molecule has 10 nitrogen and oxygen atoms in total. The summed E-state index contributed by atoms with van der Waals surface area (Å²) in [7, 11) is 0. The van der Waals surface area contributed by atoms with Crippen LogP contribution >= 0.6 is 11.6 Å². The van der Waals surface area contributed by atoms with Crippen molar-refractivity contribution in [2.75, 3.05) is 5.32 Å². The maximum atomic E-state index is 12.4. The molecule has 5 rings (SSSR count). The molecule has 0 aliphatic rings. The number of anilines is 1. The molecule has 0 fully saturated rings. The largest absolute Gasteiger partial charge is 0.442 e. The first-order valence-corrected chi connectivity index (χ1v) is 12.4. The molecule has 0 amide bonds. The lowest BCUT2D eigenvalue weighted by atomic mass is 10.1. The van der Waals surface area contributed by atoms with Gasteiger partial charge in [-0.25, -0.2) is 24.7 Å². The third kappa shape index (κ3) is 6.52. The monoisotopic (exact) mass is 538 g/mol. The van der Waals surface area contributed by atoms with Crippen molar-refractivity contribution in [1.29, 1.82) is 0 Å². The summed E-state index contributed by atoms with van der Waals surface area (Å²) in [6.45, 7) is 5.87. The molecule has 0 spiro atoms. The lowest BCUT2D eigenvalue weighted by Crippen LogP contribution is -2.27. The predicted octanol–water partition coefficient (Wildman–Crippen LogP) is 5.13. The van der Waals surface area contributed by atoms with Gasteiger partial charge in [-0.3, -0.25) is 4.98 Å². The molecule has 5 aromatic rings. The smallest absolute Gasteiger partial charge is 0.435 e. The average molecular weight is 539 g/mol. The molecule has 0 radical (unpaired) electrons. The van der Waals surface area contributed by atoms with Gasteiger partial charge in [-0.05, 0) is 69.2 Å². The van der Waals surface area contributed by atoms with Gasteiger partial charge in [0, 0.05) is 29.5 Å². The lowest BCUT2D eigenvalue weighted by Gasteiger charge is -2.19. The summed E-state index contributed by atoms with van der Waals surface area (Å²) >= 11 is 5.89. The van der Waals surface area contributed by atoms with Gasteiger partial charge in [-0.1, -0.05) is 17.5 Å². The number of benzene rings is 1. The van der Waals surface area contributed by atoms with Crippen LogP contribution in [-0.2, 0) is 11.3 Å². The van der Waals surface area contributed by atoms with Gasteiger partial charge in [0.05, 0.1) is 29.0 Å². The minimum atomic E-state index is -0.615. The van der Waals surface area contributed by atoms with Crippen LogP contribution in [0.15, 0.2) is 67.3 Å². The molecule has 4 heterocycles. The Morgan fingerprint density at radius 2 is 1.85 bits per heavy atom. The Morgan fingerprint density at radius 3 is 2.64 bits per heavy atom. The molecule has 194 valence electrons. The Bertz CT molecular complexity index is 1720. The zero-order valence-electron chi connectivity index (χ0n) is 21.4. The quantitative estimate of drug-likeness (QED) is 0.310. The van der Waals surface area contributed by atoms with Crippen molar-refractivity contribution < 1.29 is 9.53 Å². The second kappa shape index (κ2) is 10.8. The number of rotatable bonds is 4. The first kappa shape index (κ1) is 25.8. The van der Waals surface area contributed by atoms with Gasteiger partial charge in [0.1, 0.15) is 17.0 Å². The van der Waals surface area contributed by atoms with E-state index in [4.69, 9.17) is 16.3 Å². The van der Waals surface area contributed by atoms with Crippen LogP contribution in [0.3, 0.4) is 0 Å². The van der Waals surface area contributed by atoms with Crippen molar-refractivity contribution in [1.82, 2.24) is 34.7 Å². The van der Waals surface area contributed by atoms with Crippen molar-refractivity contribution in [3.8, 4) is 23.4 Å². The van der Waals surface area contributed by atoms with E-state index in [0.29, 0.717) is 40.2 Å². The predicted molar refractivity (Wildman–Crippen MR) is 147 cm³/mol. The Balaban J connectivity index is 1.31. The number of carbonyl (C=O) groups is 1. The van der Waals surface area contributed by atoms with Crippen LogP contribution in [0, 0.1) is 11.8 Å². The Kier molecular flexibility index (Phi) is 7.17. The Labute approximate surface area is 229 Å². The molecule has 1 aromatic carbocycles. The zero-order valence-corrected chi connectivity index (χ0v) is 22.1. The second-order valence-electron chi connectivity index (χ2n) is 9.41. The van der Waals surface area contributed by atoms with Crippen LogP contribution in [0.5, 0.6) is 0 Å². The molecule has 11 heteroatoms. The molecule has 39 heavy (non-hydrogen) atoms. The van der Waals surface area contributed by atoms with E-state index in [-0.39, 0.29) is 0 Å². The highest BCUT2D eigenvalue weighted by atomic mass is 35.5. The first-order chi connectivity index (χ1) is 18.7. The van der Waals surface area contributed by atoms with Crippen LogP contribution in [0.4, 0.5) is 10.7 Å². The molecule has 0 aliphatic heterocycles. The molecule has 4 aromatic heterocycles. The maximum absolute atomic E-state index is 12.4. The van der Waals surface area contributed by atoms with E-state index in [1.165, 1.54) is 4.68 Å². The van der Waals surface area contributed by atoms with E-state index < -0.39 is 11.7 Å². The molecule has 0 bridgehead atoms. The topological polar surface area (TPSA) is 121 Å². The van der Waals surface area contributed by atoms with Crippen LogP contribution in [-0.4, -0.2) is 46.4 Å². The molecule has 0 saturated heterocycles. The lowest BCUT2D eigenvalue weighted by molar-refractivity contribution is 0.0522. The van der Waals surface area contributed by atoms with E-state index in [2.05, 4.69) is 47.2 Å². The van der Waals surface area contributed by atoms with Crippen molar-refractivity contribution in [3.63, 3.8) is 0 Å². The minimum absolute atomic E-state index is 0.421. The molecule has 0 saturated carbocycles. The standard InChI is InChI=1S/C28H23ClN8O2/c1-28(2,3)39-27(38)37-24-9-5-18(14-19(24)15-34-37)4-7-21-10-12-30-25(35-21)23-11-13-31-26(36-23)33-17-22-8-6-20(29)16-32-22/h5-6,8-16H,17H2,1-3H3,(H,31,33,36). The third-order valence-corrected chi connectivity index (χ3v) is 5.45. The highest BCUT2D eigenvalue weighted by molar-refractivity contribution is 6.30. The number of halogens is 1. The third-order valence-electron chi connectivity index (χ3n) is 5.23. The van der Waals surface area contributed by atoms with E-state index in [1.807, 2.05) is 39.0 Å². The van der Waals surface area contributed by atoms with E-state index in [1.54, 1.807) is 49.1 Å². The van der Waals surface area contributed by atoms with Gasteiger partial charge in [0.15, 0.2) is 5.82 Å². The fourth-order valence-electron chi connectivity index (χ4n) is 3.50. The molecular formula is C28H23ClN8O2.